The fourth-order valence-corrected chi connectivity index (χ4v) is 2.76. The minimum absolute atomic E-state index is 0.0654. The predicted molar refractivity (Wildman–Crippen MR) is 103 cm³/mol. The number of nitrogens with zero attached hydrogens (tertiary/aromatic N) is 2. The second kappa shape index (κ2) is 9.02. The summed E-state index contributed by atoms with van der Waals surface area (Å²) in [6.45, 7) is 4.73. The van der Waals surface area contributed by atoms with Crippen molar-refractivity contribution < 1.29 is 14.4 Å². The van der Waals surface area contributed by atoms with Gasteiger partial charge in [0.25, 0.3) is 5.69 Å². The number of halogens is 1. The van der Waals surface area contributed by atoms with Crippen LogP contribution in [0.4, 0.5) is 5.69 Å². The Bertz CT molecular complexity index is 888. The van der Waals surface area contributed by atoms with Crippen LogP contribution in [0.3, 0.4) is 0 Å². The van der Waals surface area contributed by atoms with Crippen LogP contribution in [-0.4, -0.2) is 18.1 Å². The molecule has 0 saturated heterocycles. The highest BCUT2D eigenvalue weighted by Crippen LogP contribution is 2.35. The lowest BCUT2D eigenvalue weighted by Crippen LogP contribution is -1.99. The molecule has 0 aliphatic rings. The molecule has 0 aromatic heterocycles. The van der Waals surface area contributed by atoms with E-state index < -0.39 is 4.92 Å². The number of nitro groups is 1. The number of ether oxygens (including phenoxy) is 2. The van der Waals surface area contributed by atoms with Gasteiger partial charge in [0.2, 0.25) is 0 Å². The monoisotopic (exact) mass is 416 g/mol. The van der Waals surface area contributed by atoms with Gasteiger partial charge in [-0.2, -0.15) is 5.26 Å². The third-order valence-electron chi connectivity index (χ3n) is 3.45. The average molecular weight is 417 g/mol. The quantitative estimate of drug-likeness (QED) is 0.267. The average Bonchev–Trinajstić information content (AvgIpc) is 2.63. The van der Waals surface area contributed by atoms with E-state index >= 15 is 0 Å². The molecule has 0 N–H and O–H groups in total. The van der Waals surface area contributed by atoms with Crippen molar-refractivity contribution in [1.29, 1.82) is 5.26 Å². The van der Waals surface area contributed by atoms with Gasteiger partial charge in [0.05, 0.1) is 29.8 Å². The second-order valence-electron chi connectivity index (χ2n) is 5.16. The lowest BCUT2D eigenvalue weighted by atomic mass is 10.0. The Kier molecular flexibility index (Phi) is 6.75. The lowest BCUT2D eigenvalue weighted by Gasteiger charge is -2.13. The maximum absolute atomic E-state index is 11.0. The minimum atomic E-state index is -0.488. The van der Waals surface area contributed by atoms with Crippen LogP contribution in [0, 0.1) is 21.4 Å². The molecule has 26 heavy (non-hydrogen) atoms. The minimum Gasteiger partial charge on any atom is -0.490 e. The first kappa shape index (κ1) is 19.5. The molecule has 0 fully saturated rings. The summed E-state index contributed by atoms with van der Waals surface area (Å²) < 4.78 is 11.9. The van der Waals surface area contributed by atoms with Gasteiger partial charge in [0, 0.05) is 16.6 Å². The molecule has 2 aromatic rings. The van der Waals surface area contributed by atoms with E-state index in [4.69, 9.17) is 9.47 Å². The molecule has 0 radical (unpaired) electrons. The van der Waals surface area contributed by atoms with Crippen LogP contribution < -0.4 is 9.47 Å². The van der Waals surface area contributed by atoms with Crippen molar-refractivity contribution in [3.63, 3.8) is 0 Å². The zero-order chi connectivity index (χ0) is 19.1. The highest BCUT2D eigenvalue weighted by Gasteiger charge is 2.13. The summed E-state index contributed by atoms with van der Waals surface area (Å²) in [7, 11) is 0. The zero-order valence-corrected chi connectivity index (χ0v) is 15.9. The first-order valence-electron chi connectivity index (χ1n) is 7.95. The Balaban J connectivity index is 2.52. The normalized spacial score (nSPS) is 10.9. The predicted octanol–water partition coefficient (Wildman–Crippen LogP) is 5.22. The molecule has 134 valence electrons. The van der Waals surface area contributed by atoms with Gasteiger partial charge < -0.3 is 9.47 Å². The van der Waals surface area contributed by atoms with Crippen LogP contribution in [-0.2, 0) is 0 Å². The highest BCUT2D eigenvalue weighted by atomic mass is 79.9. The summed E-state index contributed by atoms with van der Waals surface area (Å²) in [5.41, 5.74) is 1.42. The van der Waals surface area contributed by atoms with Crippen LogP contribution in [0.1, 0.15) is 25.0 Å². The Labute approximate surface area is 159 Å². The van der Waals surface area contributed by atoms with Crippen molar-refractivity contribution >= 4 is 33.3 Å². The Morgan fingerprint density at radius 3 is 2.46 bits per heavy atom. The SMILES string of the molecule is CCOc1cc(Br)c(/C=C(/C#N)c2cccc([N+](=O)[O-])c2)cc1OCC. The topological polar surface area (TPSA) is 85.4 Å². The molecule has 6 nitrogen and oxygen atoms in total. The molecule has 2 aromatic carbocycles. The summed E-state index contributed by atoms with van der Waals surface area (Å²) in [6.07, 6.45) is 1.65. The first-order chi connectivity index (χ1) is 12.5. The molecule has 0 atom stereocenters. The molecule has 0 bridgehead atoms. The van der Waals surface area contributed by atoms with Crippen molar-refractivity contribution in [2.45, 2.75) is 13.8 Å². The third-order valence-corrected chi connectivity index (χ3v) is 4.14. The number of hydrogen-bond donors (Lipinski definition) is 0. The largest absolute Gasteiger partial charge is 0.490 e. The van der Waals surface area contributed by atoms with Crippen molar-refractivity contribution in [3.05, 3.63) is 62.1 Å². The second-order valence-corrected chi connectivity index (χ2v) is 6.02. The van der Waals surface area contributed by atoms with E-state index in [9.17, 15) is 15.4 Å². The Morgan fingerprint density at radius 1 is 1.23 bits per heavy atom. The van der Waals surface area contributed by atoms with Crippen LogP contribution in [0.5, 0.6) is 11.5 Å². The van der Waals surface area contributed by atoms with Gasteiger partial charge in [-0.25, -0.2) is 0 Å². The number of rotatable bonds is 7. The fraction of sp³-hybridized carbons (Fsp3) is 0.211. The zero-order valence-electron chi connectivity index (χ0n) is 14.4. The van der Waals surface area contributed by atoms with Gasteiger partial charge >= 0.3 is 0 Å². The highest BCUT2D eigenvalue weighted by molar-refractivity contribution is 9.10. The van der Waals surface area contributed by atoms with Crippen molar-refractivity contribution in [3.8, 4) is 17.6 Å². The maximum atomic E-state index is 11.0. The molecule has 0 unspecified atom stereocenters. The fourth-order valence-electron chi connectivity index (χ4n) is 2.32. The number of non-ortho nitro benzene ring substituents is 1. The summed E-state index contributed by atoms with van der Waals surface area (Å²) in [5, 5.41) is 20.5. The van der Waals surface area contributed by atoms with Crippen LogP contribution in [0.25, 0.3) is 11.6 Å². The molecule has 7 heteroatoms. The van der Waals surface area contributed by atoms with Crippen molar-refractivity contribution in [2.24, 2.45) is 0 Å². The molecular formula is C19H17BrN2O4. The van der Waals surface area contributed by atoms with Gasteiger partial charge in [-0.15, -0.1) is 0 Å². The van der Waals surface area contributed by atoms with Gasteiger partial charge in [-0.1, -0.05) is 28.1 Å². The Morgan fingerprint density at radius 2 is 1.88 bits per heavy atom. The van der Waals surface area contributed by atoms with Gasteiger partial charge in [-0.05, 0) is 43.2 Å². The van der Waals surface area contributed by atoms with Crippen LogP contribution >= 0.6 is 15.9 Å². The number of allylic oxidation sites excluding steroid dienone is 1. The molecule has 0 amide bonds. The third kappa shape index (κ3) is 4.61. The number of nitriles is 1. The van der Waals surface area contributed by atoms with E-state index in [2.05, 4.69) is 22.0 Å². The standard InChI is InChI=1S/C19H17BrN2O4/c1-3-25-18-10-14(17(20)11-19(18)26-4-2)8-15(12-21)13-6-5-7-16(9-13)22(23)24/h5-11H,3-4H2,1-2H3/b15-8-. The number of hydrogen-bond acceptors (Lipinski definition) is 5. The Hall–Kier alpha value is -2.85. The molecule has 0 aliphatic carbocycles. The molecule has 0 aliphatic heterocycles. The number of benzene rings is 2. The molecule has 0 saturated carbocycles. The maximum Gasteiger partial charge on any atom is 0.270 e. The van der Waals surface area contributed by atoms with Crippen LogP contribution in [0.15, 0.2) is 40.9 Å². The smallest absolute Gasteiger partial charge is 0.270 e. The molecular weight excluding hydrogens is 400 g/mol. The van der Waals surface area contributed by atoms with E-state index in [0.717, 1.165) is 4.47 Å². The van der Waals surface area contributed by atoms with Gasteiger partial charge in [-0.3, -0.25) is 10.1 Å². The van der Waals surface area contributed by atoms with E-state index in [1.165, 1.54) is 12.1 Å². The molecule has 0 spiro atoms. The van der Waals surface area contributed by atoms with Gasteiger partial charge in [0.1, 0.15) is 0 Å². The summed E-state index contributed by atoms with van der Waals surface area (Å²) in [4.78, 5) is 10.5. The van der Waals surface area contributed by atoms with E-state index in [0.29, 0.717) is 41.4 Å². The lowest BCUT2D eigenvalue weighted by molar-refractivity contribution is -0.384. The molecule has 2 rings (SSSR count). The summed E-state index contributed by atoms with van der Waals surface area (Å²) in [6, 6.07) is 11.6. The summed E-state index contributed by atoms with van der Waals surface area (Å²) >= 11 is 3.47. The van der Waals surface area contributed by atoms with Gasteiger partial charge in [0.15, 0.2) is 11.5 Å². The first-order valence-corrected chi connectivity index (χ1v) is 8.75. The number of nitro benzene ring substituents is 1. The molecule has 0 heterocycles. The van der Waals surface area contributed by atoms with E-state index in [-0.39, 0.29) is 5.69 Å². The van der Waals surface area contributed by atoms with E-state index in [1.54, 1.807) is 30.3 Å². The summed E-state index contributed by atoms with van der Waals surface area (Å²) in [5.74, 6) is 1.17. The van der Waals surface area contributed by atoms with E-state index in [1.807, 2.05) is 13.8 Å². The van der Waals surface area contributed by atoms with Crippen molar-refractivity contribution in [2.75, 3.05) is 13.2 Å². The van der Waals surface area contributed by atoms with Crippen LogP contribution in [0.2, 0.25) is 0 Å². The van der Waals surface area contributed by atoms with Crippen molar-refractivity contribution in [1.82, 2.24) is 0 Å².